The molecule has 23 heavy (non-hydrogen) atoms. The molecule has 0 spiro atoms. The van der Waals surface area contributed by atoms with Gasteiger partial charge in [-0.15, -0.1) is 0 Å². The van der Waals surface area contributed by atoms with E-state index in [-0.39, 0.29) is 17.4 Å². The maximum Gasteiger partial charge on any atom is 0.142 e. The minimum Gasteiger partial charge on any atom is -0.374 e. The lowest BCUT2D eigenvalue weighted by Gasteiger charge is -2.18. The largest absolute Gasteiger partial charge is 0.374 e. The van der Waals surface area contributed by atoms with E-state index in [1.54, 1.807) is 4.41 Å². The molecule has 120 valence electrons. The maximum absolute atomic E-state index is 9.59. The van der Waals surface area contributed by atoms with Gasteiger partial charge < -0.3 is 9.84 Å². The number of aliphatic hydroxyl groups excluding tert-OH is 1. The molecule has 1 aliphatic heterocycles. The zero-order chi connectivity index (χ0) is 16.1. The van der Waals surface area contributed by atoms with Crippen molar-refractivity contribution in [2.75, 3.05) is 12.7 Å². The Morgan fingerprint density at radius 2 is 1.70 bits per heavy atom. The quantitative estimate of drug-likeness (QED) is 0.828. The van der Waals surface area contributed by atoms with Crippen molar-refractivity contribution in [3.8, 4) is 0 Å². The summed E-state index contributed by atoms with van der Waals surface area (Å²) >= 11 is 0. The lowest BCUT2D eigenvalue weighted by molar-refractivity contribution is 0.157. The molecule has 0 bridgehead atoms. The van der Waals surface area contributed by atoms with Crippen molar-refractivity contribution < 1.29 is 9.84 Å². The van der Waals surface area contributed by atoms with Gasteiger partial charge in [-0.05, 0) is 28.7 Å². The molecule has 0 amide bonds. The number of hydrogen-bond donors (Lipinski definition) is 1. The highest BCUT2D eigenvalue weighted by atomic mass is 32.2. The predicted octanol–water partition coefficient (Wildman–Crippen LogP) is 3.21. The van der Waals surface area contributed by atoms with Crippen molar-refractivity contribution in [2.45, 2.75) is 13.5 Å². The molecule has 2 aromatic rings. The molecule has 0 aliphatic carbocycles. The minimum atomic E-state index is -0.384. The van der Waals surface area contributed by atoms with E-state index in [2.05, 4.69) is 17.2 Å². The Balaban J connectivity index is 1.79. The van der Waals surface area contributed by atoms with Gasteiger partial charge in [-0.2, -0.15) is 5.10 Å². The second-order valence-corrected chi connectivity index (χ2v) is 6.99. The molecule has 1 unspecified atom stereocenters. The van der Waals surface area contributed by atoms with E-state index in [1.165, 1.54) is 0 Å². The highest BCUT2D eigenvalue weighted by molar-refractivity contribution is 8.15. The summed E-state index contributed by atoms with van der Waals surface area (Å²) in [7, 11) is -0.384. The van der Waals surface area contributed by atoms with E-state index in [1.807, 2.05) is 55.5 Å². The minimum absolute atomic E-state index is 0.106. The van der Waals surface area contributed by atoms with E-state index >= 15 is 0 Å². The van der Waals surface area contributed by atoms with Gasteiger partial charge in [0.05, 0.1) is 17.2 Å². The van der Waals surface area contributed by atoms with Crippen molar-refractivity contribution in [1.82, 2.24) is 4.41 Å². The average molecular weight is 328 g/mol. The number of rotatable bonds is 6. The van der Waals surface area contributed by atoms with Gasteiger partial charge in [0.25, 0.3) is 0 Å². The molecule has 1 atom stereocenters. The molecule has 0 radical (unpaired) electrons. The molecule has 5 heteroatoms. The molecule has 1 aliphatic rings. The van der Waals surface area contributed by atoms with Crippen LogP contribution in [0, 0.1) is 0 Å². The molecule has 0 fully saturated rings. The van der Waals surface area contributed by atoms with Gasteiger partial charge in [0.15, 0.2) is 0 Å². The van der Waals surface area contributed by atoms with Gasteiger partial charge in [-0.1, -0.05) is 60.7 Å². The summed E-state index contributed by atoms with van der Waals surface area (Å²) in [5.41, 5.74) is 3.22. The Morgan fingerprint density at radius 3 is 2.35 bits per heavy atom. The normalized spacial score (nSPS) is 17.5. The molecule has 1 N–H and O–H groups in total. The molecule has 0 saturated heterocycles. The van der Waals surface area contributed by atoms with E-state index in [0.717, 1.165) is 21.7 Å². The van der Waals surface area contributed by atoms with Crippen LogP contribution in [0.15, 0.2) is 65.8 Å². The molecular weight excluding hydrogens is 308 g/mol. The highest BCUT2D eigenvalue weighted by Crippen LogP contribution is 2.31. The van der Waals surface area contributed by atoms with Crippen LogP contribution in [0.4, 0.5) is 0 Å². The Hall–Kier alpha value is -1.95. The SMILES string of the molecule is CC1=NN(CO)S(COCc2ccccc2)=C1c1ccccc1. The lowest BCUT2D eigenvalue weighted by atomic mass is 10.1. The van der Waals surface area contributed by atoms with Crippen LogP contribution in [0.2, 0.25) is 0 Å². The second kappa shape index (κ2) is 7.55. The van der Waals surface area contributed by atoms with E-state index in [4.69, 9.17) is 4.74 Å². The Kier molecular flexibility index (Phi) is 5.23. The molecule has 0 aromatic heterocycles. The summed E-state index contributed by atoms with van der Waals surface area (Å²) in [6.07, 6.45) is 0. The fourth-order valence-corrected chi connectivity index (χ4v) is 4.35. The highest BCUT2D eigenvalue weighted by Gasteiger charge is 2.23. The van der Waals surface area contributed by atoms with E-state index < -0.39 is 0 Å². The third-order valence-corrected chi connectivity index (χ3v) is 5.64. The van der Waals surface area contributed by atoms with Crippen LogP contribution in [0.25, 0.3) is 0 Å². The van der Waals surface area contributed by atoms with Crippen molar-refractivity contribution in [1.29, 1.82) is 0 Å². The monoisotopic (exact) mass is 328 g/mol. The Labute approximate surface area is 139 Å². The van der Waals surface area contributed by atoms with Crippen LogP contribution in [0.3, 0.4) is 0 Å². The summed E-state index contributed by atoms with van der Waals surface area (Å²) in [5, 5.41) is 14.1. The standard InChI is InChI=1S/C18H20N2O2S/c1-15-18(17-10-6-3-7-11-17)23(20(13-21)19-15)14-22-12-16-8-4-2-5-9-16/h2-11,21H,12-14H2,1H3. The van der Waals surface area contributed by atoms with Crippen LogP contribution in [0.1, 0.15) is 18.1 Å². The van der Waals surface area contributed by atoms with Crippen LogP contribution in [-0.4, -0.2) is 32.8 Å². The van der Waals surface area contributed by atoms with Crippen LogP contribution in [0.5, 0.6) is 0 Å². The van der Waals surface area contributed by atoms with E-state index in [0.29, 0.717) is 12.5 Å². The maximum atomic E-state index is 9.59. The molecule has 2 aromatic carbocycles. The second-order valence-electron chi connectivity index (χ2n) is 5.19. The number of nitrogens with zero attached hydrogens (tertiary/aromatic N) is 2. The van der Waals surface area contributed by atoms with Gasteiger partial charge in [0.2, 0.25) is 0 Å². The summed E-state index contributed by atoms with van der Waals surface area (Å²) in [5.74, 6) is 0.514. The van der Waals surface area contributed by atoms with Gasteiger partial charge in [-0.3, -0.25) is 0 Å². The van der Waals surface area contributed by atoms with Crippen LogP contribution >= 0.6 is 10.7 Å². The van der Waals surface area contributed by atoms with Crippen LogP contribution < -0.4 is 0 Å². The van der Waals surface area contributed by atoms with Crippen molar-refractivity contribution in [2.24, 2.45) is 5.10 Å². The zero-order valence-electron chi connectivity index (χ0n) is 13.1. The number of benzene rings is 2. The topological polar surface area (TPSA) is 45.1 Å². The molecule has 3 rings (SSSR count). The van der Waals surface area contributed by atoms with Gasteiger partial charge in [-0.25, -0.2) is 4.41 Å². The first-order chi connectivity index (χ1) is 11.3. The molecule has 4 nitrogen and oxygen atoms in total. The molecular formula is C18H20N2O2S. The number of hydrazone groups is 1. The Morgan fingerprint density at radius 1 is 1.04 bits per heavy atom. The van der Waals surface area contributed by atoms with Crippen molar-refractivity contribution >= 4 is 21.2 Å². The van der Waals surface area contributed by atoms with Crippen molar-refractivity contribution in [3.63, 3.8) is 0 Å². The summed E-state index contributed by atoms with van der Waals surface area (Å²) in [6.45, 7) is 2.44. The summed E-state index contributed by atoms with van der Waals surface area (Å²) < 4.78 is 7.61. The first-order valence-electron chi connectivity index (χ1n) is 7.48. The van der Waals surface area contributed by atoms with Gasteiger partial charge in [0, 0.05) is 0 Å². The zero-order valence-corrected chi connectivity index (χ0v) is 13.9. The number of aliphatic hydroxyl groups is 1. The van der Waals surface area contributed by atoms with Crippen LogP contribution in [-0.2, 0) is 11.3 Å². The average Bonchev–Trinajstić information content (AvgIpc) is 2.92. The molecule has 0 saturated carbocycles. The van der Waals surface area contributed by atoms with Gasteiger partial charge in [0.1, 0.15) is 12.7 Å². The third-order valence-electron chi connectivity index (χ3n) is 3.54. The third kappa shape index (κ3) is 3.69. The van der Waals surface area contributed by atoms with Gasteiger partial charge >= 0.3 is 0 Å². The smallest absolute Gasteiger partial charge is 0.142 e. The first-order valence-corrected chi connectivity index (χ1v) is 8.83. The van der Waals surface area contributed by atoms with Crippen molar-refractivity contribution in [3.05, 3.63) is 71.8 Å². The summed E-state index contributed by atoms with van der Waals surface area (Å²) in [4.78, 5) is 1.15. The van der Waals surface area contributed by atoms with E-state index in [9.17, 15) is 5.11 Å². The summed E-state index contributed by atoms with van der Waals surface area (Å²) in [6, 6.07) is 20.3. The predicted molar refractivity (Wildman–Crippen MR) is 96.3 cm³/mol. The number of ether oxygens (including phenoxy) is 1. The fraction of sp³-hybridized carbons (Fsp3) is 0.222. The number of hydrogen-bond acceptors (Lipinski definition) is 4. The first kappa shape index (κ1) is 15.9. The lowest BCUT2D eigenvalue weighted by Crippen LogP contribution is -2.14. The Bertz CT molecular complexity index is 714. The fourth-order valence-electron chi connectivity index (χ4n) is 2.51. The molecule has 1 heterocycles.